The number of rotatable bonds is 7. The zero-order chi connectivity index (χ0) is 21.7. The minimum absolute atomic E-state index is 0.0795. The molecule has 0 saturated carbocycles. The maximum atomic E-state index is 12.8. The molecular formula is C22H28N2O5S. The molecule has 1 aliphatic heterocycles. The fraction of sp³-hybridized carbons (Fsp3) is 0.409. The van der Waals surface area contributed by atoms with Crippen molar-refractivity contribution in [1.29, 1.82) is 0 Å². The van der Waals surface area contributed by atoms with Crippen molar-refractivity contribution in [2.24, 2.45) is 5.92 Å². The van der Waals surface area contributed by atoms with E-state index in [4.69, 9.17) is 9.47 Å². The number of carbonyl (C=O) groups is 1. The molecule has 1 unspecified atom stereocenters. The van der Waals surface area contributed by atoms with Crippen LogP contribution in [-0.2, 0) is 14.8 Å². The van der Waals surface area contributed by atoms with Gasteiger partial charge in [0.15, 0.2) is 0 Å². The standard InChI is InChI=1S/C22H28N2O5S/c1-16(20-15-18(28-2)9-10-21(20)29-3)23-22(25)17-11-13-24(14-12-17)30(26,27)19-7-5-4-6-8-19/h4-10,15-17H,11-14H2,1-3H3,(H,23,25). The van der Waals surface area contributed by atoms with Gasteiger partial charge < -0.3 is 14.8 Å². The Balaban J connectivity index is 1.62. The highest BCUT2D eigenvalue weighted by Gasteiger charge is 2.32. The number of methoxy groups -OCH3 is 2. The molecule has 0 radical (unpaired) electrons. The highest BCUT2D eigenvalue weighted by Crippen LogP contribution is 2.30. The number of nitrogens with zero attached hydrogens (tertiary/aromatic N) is 1. The van der Waals surface area contributed by atoms with Crippen molar-refractivity contribution in [3.05, 3.63) is 54.1 Å². The molecule has 30 heavy (non-hydrogen) atoms. The van der Waals surface area contributed by atoms with Gasteiger partial charge >= 0.3 is 0 Å². The lowest BCUT2D eigenvalue weighted by molar-refractivity contribution is -0.126. The van der Waals surface area contributed by atoms with Gasteiger partial charge in [0.2, 0.25) is 15.9 Å². The fourth-order valence-corrected chi connectivity index (χ4v) is 5.18. The molecule has 0 spiro atoms. The van der Waals surface area contributed by atoms with Gasteiger partial charge in [0.25, 0.3) is 0 Å². The van der Waals surface area contributed by atoms with E-state index < -0.39 is 10.0 Å². The van der Waals surface area contributed by atoms with E-state index in [0.29, 0.717) is 37.4 Å². The van der Waals surface area contributed by atoms with Crippen molar-refractivity contribution in [3.63, 3.8) is 0 Å². The normalized spacial score (nSPS) is 16.6. The van der Waals surface area contributed by atoms with Gasteiger partial charge in [-0.3, -0.25) is 4.79 Å². The van der Waals surface area contributed by atoms with Crippen LogP contribution in [0.4, 0.5) is 0 Å². The van der Waals surface area contributed by atoms with Crippen LogP contribution in [0, 0.1) is 5.92 Å². The molecule has 7 nitrogen and oxygen atoms in total. The van der Waals surface area contributed by atoms with Crippen LogP contribution >= 0.6 is 0 Å². The Morgan fingerprint density at radius 1 is 1.07 bits per heavy atom. The van der Waals surface area contributed by atoms with Crippen molar-refractivity contribution < 1.29 is 22.7 Å². The Morgan fingerprint density at radius 2 is 1.73 bits per heavy atom. The first kappa shape index (κ1) is 22.1. The molecule has 1 amide bonds. The van der Waals surface area contributed by atoms with Crippen LogP contribution in [0.5, 0.6) is 11.5 Å². The number of sulfonamides is 1. The number of hydrogen-bond acceptors (Lipinski definition) is 5. The molecule has 2 aromatic carbocycles. The van der Waals surface area contributed by atoms with Gasteiger partial charge in [-0.15, -0.1) is 0 Å². The molecule has 1 N–H and O–H groups in total. The summed E-state index contributed by atoms with van der Waals surface area (Å²) in [4.78, 5) is 13.1. The first-order valence-electron chi connectivity index (χ1n) is 9.94. The SMILES string of the molecule is COc1ccc(OC)c(C(C)NC(=O)C2CCN(S(=O)(=O)c3ccccc3)CC2)c1. The van der Waals surface area contributed by atoms with E-state index in [9.17, 15) is 13.2 Å². The summed E-state index contributed by atoms with van der Waals surface area (Å²) in [6.07, 6.45) is 0.972. The van der Waals surface area contributed by atoms with E-state index >= 15 is 0 Å². The average molecular weight is 433 g/mol. The van der Waals surface area contributed by atoms with Gasteiger partial charge in [0.1, 0.15) is 11.5 Å². The quantitative estimate of drug-likeness (QED) is 0.727. The van der Waals surface area contributed by atoms with Crippen molar-refractivity contribution in [3.8, 4) is 11.5 Å². The maximum absolute atomic E-state index is 12.8. The van der Waals surface area contributed by atoms with Gasteiger partial charge in [0, 0.05) is 24.6 Å². The number of benzene rings is 2. The summed E-state index contributed by atoms with van der Waals surface area (Å²) in [6, 6.07) is 13.6. The third-order valence-electron chi connectivity index (χ3n) is 5.47. The average Bonchev–Trinajstić information content (AvgIpc) is 2.79. The second-order valence-corrected chi connectivity index (χ2v) is 9.27. The molecule has 1 heterocycles. The van der Waals surface area contributed by atoms with Gasteiger partial charge in [0.05, 0.1) is 25.2 Å². The van der Waals surface area contributed by atoms with E-state index in [1.165, 1.54) is 4.31 Å². The van der Waals surface area contributed by atoms with E-state index in [1.54, 1.807) is 50.6 Å². The molecule has 1 saturated heterocycles. The van der Waals surface area contributed by atoms with Crippen LogP contribution in [0.3, 0.4) is 0 Å². The summed E-state index contributed by atoms with van der Waals surface area (Å²) in [6.45, 7) is 2.54. The highest BCUT2D eigenvalue weighted by molar-refractivity contribution is 7.89. The van der Waals surface area contributed by atoms with Crippen LogP contribution in [0.25, 0.3) is 0 Å². The van der Waals surface area contributed by atoms with Crippen LogP contribution < -0.4 is 14.8 Å². The predicted molar refractivity (Wildman–Crippen MR) is 114 cm³/mol. The van der Waals surface area contributed by atoms with Crippen LogP contribution in [0.15, 0.2) is 53.4 Å². The largest absolute Gasteiger partial charge is 0.497 e. The Hall–Kier alpha value is -2.58. The Morgan fingerprint density at radius 3 is 2.33 bits per heavy atom. The smallest absolute Gasteiger partial charge is 0.243 e. The third kappa shape index (κ3) is 4.76. The number of ether oxygens (including phenoxy) is 2. The summed E-state index contributed by atoms with van der Waals surface area (Å²) >= 11 is 0. The summed E-state index contributed by atoms with van der Waals surface area (Å²) < 4.78 is 37.7. The predicted octanol–water partition coefficient (Wildman–Crippen LogP) is 2.98. The minimum Gasteiger partial charge on any atom is -0.497 e. The maximum Gasteiger partial charge on any atom is 0.243 e. The molecule has 3 rings (SSSR count). The van der Waals surface area contributed by atoms with E-state index in [1.807, 2.05) is 19.1 Å². The van der Waals surface area contributed by atoms with Crippen LogP contribution in [-0.4, -0.2) is 45.9 Å². The molecule has 1 aliphatic rings. The fourth-order valence-electron chi connectivity index (χ4n) is 3.69. The Labute approximate surface area is 178 Å². The lowest BCUT2D eigenvalue weighted by Crippen LogP contribution is -2.43. The summed E-state index contributed by atoms with van der Waals surface area (Å²) in [5.41, 5.74) is 0.828. The van der Waals surface area contributed by atoms with Crippen LogP contribution in [0.2, 0.25) is 0 Å². The molecular weight excluding hydrogens is 404 g/mol. The number of carbonyl (C=O) groups excluding carboxylic acids is 1. The van der Waals surface area contributed by atoms with Gasteiger partial charge in [-0.25, -0.2) is 8.42 Å². The molecule has 1 atom stereocenters. The molecule has 0 bridgehead atoms. The summed E-state index contributed by atoms with van der Waals surface area (Å²) in [5.74, 6) is 1.05. The molecule has 162 valence electrons. The number of nitrogens with one attached hydrogen (secondary N) is 1. The summed E-state index contributed by atoms with van der Waals surface area (Å²) in [7, 11) is -0.347. The number of hydrogen-bond donors (Lipinski definition) is 1. The Bertz CT molecular complexity index is 970. The second-order valence-electron chi connectivity index (χ2n) is 7.33. The first-order chi connectivity index (χ1) is 14.4. The third-order valence-corrected chi connectivity index (χ3v) is 7.38. The Kier molecular flexibility index (Phi) is 6.99. The van der Waals surface area contributed by atoms with Crippen LogP contribution in [0.1, 0.15) is 31.4 Å². The lowest BCUT2D eigenvalue weighted by atomic mass is 9.96. The van der Waals surface area contributed by atoms with Crippen molar-refractivity contribution in [2.75, 3.05) is 27.3 Å². The lowest BCUT2D eigenvalue weighted by Gasteiger charge is -2.31. The zero-order valence-corrected chi connectivity index (χ0v) is 18.3. The van der Waals surface area contributed by atoms with Gasteiger partial charge in [-0.1, -0.05) is 18.2 Å². The van der Waals surface area contributed by atoms with Crippen molar-refractivity contribution in [2.45, 2.75) is 30.7 Å². The van der Waals surface area contributed by atoms with Gasteiger partial charge in [-0.05, 0) is 50.1 Å². The van der Waals surface area contributed by atoms with Crippen molar-refractivity contribution >= 4 is 15.9 Å². The molecule has 1 fully saturated rings. The first-order valence-corrected chi connectivity index (χ1v) is 11.4. The van der Waals surface area contributed by atoms with Crippen molar-refractivity contribution in [1.82, 2.24) is 9.62 Å². The monoisotopic (exact) mass is 432 g/mol. The highest BCUT2D eigenvalue weighted by atomic mass is 32.2. The molecule has 8 heteroatoms. The molecule has 2 aromatic rings. The van der Waals surface area contributed by atoms with Gasteiger partial charge in [-0.2, -0.15) is 4.31 Å². The molecule has 0 aliphatic carbocycles. The number of amides is 1. The van der Waals surface area contributed by atoms with E-state index in [-0.39, 0.29) is 22.8 Å². The topological polar surface area (TPSA) is 84.9 Å². The second kappa shape index (κ2) is 9.49. The van der Waals surface area contributed by atoms with E-state index in [0.717, 1.165) is 5.56 Å². The van der Waals surface area contributed by atoms with E-state index in [2.05, 4.69) is 5.32 Å². The molecule has 0 aromatic heterocycles. The minimum atomic E-state index is -3.52. The summed E-state index contributed by atoms with van der Waals surface area (Å²) in [5, 5.41) is 3.03. The number of piperidine rings is 1. The zero-order valence-electron chi connectivity index (χ0n) is 17.5.